The van der Waals surface area contributed by atoms with Crippen LogP contribution >= 0.6 is 12.4 Å². The van der Waals surface area contributed by atoms with Gasteiger partial charge in [-0.3, -0.25) is 0 Å². The van der Waals surface area contributed by atoms with E-state index in [1.807, 2.05) is 0 Å². The van der Waals surface area contributed by atoms with Gasteiger partial charge >= 0.3 is 12.0 Å². The maximum atomic E-state index is 10.5. The van der Waals surface area contributed by atoms with E-state index in [1.54, 1.807) is 4.90 Å². The maximum Gasteiger partial charge on any atom is 0.330 e. The van der Waals surface area contributed by atoms with Gasteiger partial charge < -0.3 is 21.1 Å². The number of amides is 2. The molecule has 0 unspecified atom stereocenters. The average molecular weight is 252 g/mol. The van der Waals surface area contributed by atoms with Crippen molar-refractivity contribution < 1.29 is 14.7 Å². The number of primary amides is 1. The Labute approximate surface area is 101 Å². The number of nitrogens with zero attached hydrogens (tertiary/aromatic N) is 1. The van der Waals surface area contributed by atoms with Crippen LogP contribution in [0.4, 0.5) is 4.79 Å². The van der Waals surface area contributed by atoms with Crippen LogP contribution in [0.5, 0.6) is 0 Å². The molecule has 0 aliphatic carbocycles. The summed E-state index contributed by atoms with van der Waals surface area (Å²) < 4.78 is 0. The summed E-state index contributed by atoms with van der Waals surface area (Å²) in [6, 6.07) is -0.309. The van der Waals surface area contributed by atoms with Crippen LogP contribution in [-0.2, 0) is 4.79 Å². The highest BCUT2D eigenvalue weighted by atomic mass is 35.5. The van der Waals surface area contributed by atoms with Crippen LogP contribution in [0, 0.1) is 0 Å². The van der Waals surface area contributed by atoms with Crippen LogP contribution in [-0.4, -0.2) is 48.2 Å². The largest absolute Gasteiger partial charge is 0.478 e. The molecule has 2 amide bonds. The number of carbonyl (C=O) groups excluding carboxylic acids is 1. The van der Waals surface area contributed by atoms with E-state index in [2.05, 4.69) is 11.9 Å². The van der Waals surface area contributed by atoms with Crippen molar-refractivity contribution in [3.8, 4) is 0 Å². The number of nitrogens with one attached hydrogen (secondary N) is 1. The van der Waals surface area contributed by atoms with Gasteiger partial charge in [0.15, 0.2) is 0 Å². The normalized spacial score (nSPS) is 13.9. The van der Waals surface area contributed by atoms with Crippen molar-refractivity contribution in [2.45, 2.75) is 6.92 Å². The first-order chi connectivity index (χ1) is 6.95. The molecule has 1 fully saturated rings. The molecule has 0 atom stereocenters. The Bertz CT molecular complexity index is 240. The van der Waals surface area contributed by atoms with Crippen molar-refractivity contribution >= 4 is 24.4 Å². The Morgan fingerprint density at radius 2 is 1.75 bits per heavy atom. The first-order valence-electron chi connectivity index (χ1n) is 4.59. The maximum absolute atomic E-state index is 10.5. The van der Waals surface area contributed by atoms with Crippen LogP contribution in [0.3, 0.4) is 0 Å². The van der Waals surface area contributed by atoms with Gasteiger partial charge in [0.05, 0.1) is 0 Å². The van der Waals surface area contributed by atoms with Crippen LogP contribution in [0.1, 0.15) is 6.92 Å². The highest BCUT2D eigenvalue weighted by molar-refractivity contribution is 5.85. The molecule has 1 rings (SSSR count). The van der Waals surface area contributed by atoms with Gasteiger partial charge in [0.25, 0.3) is 0 Å². The molecule has 1 aliphatic rings. The second-order valence-electron chi connectivity index (χ2n) is 3.16. The fourth-order valence-corrected chi connectivity index (χ4v) is 0.885. The van der Waals surface area contributed by atoms with Gasteiger partial charge in [-0.25, -0.2) is 9.59 Å². The molecule has 94 valence electrons. The summed E-state index contributed by atoms with van der Waals surface area (Å²) in [6.45, 7) is 7.82. The molecule has 0 aromatic carbocycles. The predicted molar refractivity (Wildman–Crippen MR) is 63.7 cm³/mol. The molecule has 1 aliphatic heterocycles. The minimum absolute atomic E-state index is 0. The zero-order chi connectivity index (χ0) is 11.8. The summed E-state index contributed by atoms with van der Waals surface area (Å²) >= 11 is 0. The van der Waals surface area contributed by atoms with Crippen molar-refractivity contribution in [3.05, 3.63) is 12.2 Å². The Balaban J connectivity index is 0. The van der Waals surface area contributed by atoms with Crippen LogP contribution in [0.2, 0.25) is 0 Å². The molecule has 1 saturated heterocycles. The molecule has 0 bridgehead atoms. The Morgan fingerprint density at radius 1 is 1.38 bits per heavy atom. The Kier molecular flexibility index (Phi) is 9.63. The number of carboxylic acid groups (broad SMARTS) is 1. The Hall–Kier alpha value is -1.27. The number of halogens is 1. The lowest BCUT2D eigenvalue weighted by atomic mass is 10.4. The van der Waals surface area contributed by atoms with E-state index in [-0.39, 0.29) is 24.0 Å². The zero-order valence-electron chi connectivity index (χ0n) is 9.23. The predicted octanol–water partition coefficient (Wildman–Crippen LogP) is 0.0392. The molecule has 0 saturated carbocycles. The molecular formula is C9H18ClN3O3. The smallest absolute Gasteiger partial charge is 0.330 e. The third-order valence-electron chi connectivity index (χ3n) is 1.79. The lowest BCUT2D eigenvalue weighted by molar-refractivity contribution is -0.132. The van der Waals surface area contributed by atoms with Crippen LogP contribution in [0.25, 0.3) is 0 Å². The lowest BCUT2D eigenvalue weighted by Gasteiger charge is -2.25. The third-order valence-corrected chi connectivity index (χ3v) is 1.79. The van der Waals surface area contributed by atoms with E-state index in [0.29, 0.717) is 0 Å². The third kappa shape index (κ3) is 8.07. The lowest BCUT2D eigenvalue weighted by Crippen LogP contribution is -2.48. The summed E-state index contributed by atoms with van der Waals surface area (Å²) in [5.74, 6) is -0.935. The van der Waals surface area contributed by atoms with Gasteiger partial charge in [-0.2, -0.15) is 0 Å². The fraction of sp³-hybridized carbons (Fsp3) is 0.556. The molecule has 1 heterocycles. The van der Waals surface area contributed by atoms with Crippen LogP contribution in [0.15, 0.2) is 12.2 Å². The van der Waals surface area contributed by atoms with Gasteiger partial charge in [-0.1, -0.05) is 6.58 Å². The molecule has 4 N–H and O–H groups in total. The molecule has 6 nitrogen and oxygen atoms in total. The summed E-state index contributed by atoms with van der Waals surface area (Å²) in [5, 5.41) is 11.0. The fourth-order valence-electron chi connectivity index (χ4n) is 0.885. The number of hydrogen-bond acceptors (Lipinski definition) is 3. The Morgan fingerprint density at radius 3 is 1.94 bits per heavy atom. The number of hydrogen-bond donors (Lipinski definition) is 3. The van der Waals surface area contributed by atoms with Gasteiger partial charge in [0, 0.05) is 31.8 Å². The van der Waals surface area contributed by atoms with Crippen molar-refractivity contribution in [1.82, 2.24) is 10.2 Å². The summed E-state index contributed by atoms with van der Waals surface area (Å²) in [5.41, 5.74) is 5.20. The number of carboxylic acids is 1. The van der Waals surface area contributed by atoms with Crippen molar-refractivity contribution in [3.63, 3.8) is 0 Å². The van der Waals surface area contributed by atoms with E-state index in [0.717, 1.165) is 26.2 Å². The minimum Gasteiger partial charge on any atom is -0.478 e. The summed E-state index contributed by atoms with van der Waals surface area (Å²) in [6.07, 6.45) is 0. The molecule has 0 spiro atoms. The molecule has 16 heavy (non-hydrogen) atoms. The van der Waals surface area contributed by atoms with Gasteiger partial charge in [-0.15, -0.1) is 12.4 Å². The van der Waals surface area contributed by atoms with E-state index in [4.69, 9.17) is 10.8 Å². The summed E-state index contributed by atoms with van der Waals surface area (Å²) in [7, 11) is 0. The number of carbonyl (C=O) groups is 2. The first kappa shape index (κ1) is 17.1. The molecule has 0 aromatic heterocycles. The number of aliphatic carboxylic acids is 1. The van der Waals surface area contributed by atoms with E-state index in [1.165, 1.54) is 6.92 Å². The highest BCUT2D eigenvalue weighted by Crippen LogP contribution is 1.89. The number of rotatable bonds is 1. The highest BCUT2D eigenvalue weighted by Gasteiger charge is 2.11. The second-order valence-corrected chi connectivity index (χ2v) is 3.16. The SMILES string of the molecule is C=C(C)C(=O)O.Cl.NC(=O)N1CCNCC1. The second kappa shape index (κ2) is 8.99. The van der Waals surface area contributed by atoms with Crippen LogP contribution < -0.4 is 11.1 Å². The zero-order valence-corrected chi connectivity index (χ0v) is 10.0. The monoisotopic (exact) mass is 251 g/mol. The van der Waals surface area contributed by atoms with Crippen molar-refractivity contribution in [1.29, 1.82) is 0 Å². The first-order valence-corrected chi connectivity index (χ1v) is 4.59. The standard InChI is InChI=1S/C5H11N3O.C4H6O2.ClH/c6-5(9)8-3-1-7-2-4-8;1-3(2)4(5)6;/h7H,1-4H2,(H2,6,9);1H2,2H3,(H,5,6);1H. The summed E-state index contributed by atoms with van der Waals surface area (Å²) in [4.78, 5) is 21.7. The number of piperazine rings is 1. The van der Waals surface area contributed by atoms with Gasteiger partial charge in [-0.05, 0) is 6.92 Å². The van der Waals surface area contributed by atoms with Crippen molar-refractivity contribution in [2.75, 3.05) is 26.2 Å². The van der Waals surface area contributed by atoms with Gasteiger partial charge in [0.2, 0.25) is 0 Å². The molecule has 0 aromatic rings. The van der Waals surface area contributed by atoms with E-state index < -0.39 is 5.97 Å². The molecular weight excluding hydrogens is 234 g/mol. The topological polar surface area (TPSA) is 95.7 Å². The molecule has 0 radical (unpaired) electrons. The average Bonchev–Trinajstić information content (AvgIpc) is 2.20. The van der Waals surface area contributed by atoms with E-state index in [9.17, 15) is 9.59 Å². The number of urea groups is 1. The van der Waals surface area contributed by atoms with Gasteiger partial charge in [0.1, 0.15) is 0 Å². The quantitative estimate of drug-likeness (QED) is 0.574. The van der Waals surface area contributed by atoms with E-state index >= 15 is 0 Å². The minimum atomic E-state index is -0.935. The van der Waals surface area contributed by atoms with Crippen molar-refractivity contribution in [2.24, 2.45) is 5.73 Å². The molecule has 7 heteroatoms. The number of nitrogens with two attached hydrogens (primary N) is 1.